The monoisotopic (exact) mass is 231 g/mol. The molecule has 1 aliphatic rings. The molecule has 0 saturated carbocycles. The normalized spacial score (nSPS) is 19.6. The number of rotatable bonds is 2. The van der Waals surface area contributed by atoms with Gasteiger partial charge >= 0.3 is 0 Å². The molecule has 2 heterocycles. The fourth-order valence-corrected chi connectivity index (χ4v) is 1.95. The topological polar surface area (TPSA) is 70.3 Å². The summed E-state index contributed by atoms with van der Waals surface area (Å²) in [5, 5.41) is 9.47. The van der Waals surface area contributed by atoms with Crippen LogP contribution in [0.4, 0.5) is 5.82 Å². The quantitative estimate of drug-likeness (QED) is 0.845. The van der Waals surface area contributed by atoms with Gasteiger partial charge in [0.05, 0.1) is 19.4 Å². The number of hydrogen-bond donors (Lipinski definition) is 1. The molecule has 17 heavy (non-hydrogen) atoms. The summed E-state index contributed by atoms with van der Waals surface area (Å²) in [6.07, 6.45) is 2.76. The number of anilines is 1. The van der Waals surface area contributed by atoms with Gasteiger partial charge in [0.2, 0.25) is 0 Å². The molecule has 1 unspecified atom stereocenters. The van der Waals surface area contributed by atoms with E-state index >= 15 is 0 Å². The second kappa shape index (κ2) is 4.18. The summed E-state index contributed by atoms with van der Waals surface area (Å²) in [4.78, 5) is 0. The van der Waals surface area contributed by atoms with Crippen molar-refractivity contribution >= 4 is 16.6 Å². The van der Waals surface area contributed by atoms with Crippen molar-refractivity contribution in [2.24, 2.45) is 0 Å². The molecule has 1 aromatic heterocycles. The largest absolute Gasteiger partial charge is 0.488 e. The van der Waals surface area contributed by atoms with Crippen molar-refractivity contribution in [3.05, 3.63) is 24.4 Å². The minimum absolute atomic E-state index is 0.142. The molecular formula is C12H13N3O2. The SMILES string of the molecule is Nc1nncc2ccc(OC3CCOC3)cc12. The summed E-state index contributed by atoms with van der Waals surface area (Å²) < 4.78 is 11.1. The third-order valence-electron chi connectivity index (χ3n) is 2.85. The van der Waals surface area contributed by atoms with Gasteiger partial charge in [-0.25, -0.2) is 0 Å². The first-order chi connectivity index (χ1) is 8.33. The van der Waals surface area contributed by atoms with E-state index in [1.807, 2.05) is 18.2 Å². The van der Waals surface area contributed by atoms with Crippen LogP contribution in [0.15, 0.2) is 24.4 Å². The van der Waals surface area contributed by atoms with E-state index in [0.29, 0.717) is 12.4 Å². The Kier molecular flexibility index (Phi) is 2.53. The molecule has 1 atom stereocenters. The molecular weight excluding hydrogens is 218 g/mol. The molecule has 0 spiro atoms. The van der Waals surface area contributed by atoms with Gasteiger partial charge in [0.25, 0.3) is 0 Å². The molecule has 88 valence electrons. The average Bonchev–Trinajstić information content (AvgIpc) is 2.83. The van der Waals surface area contributed by atoms with Gasteiger partial charge in [-0.15, -0.1) is 5.10 Å². The Hall–Kier alpha value is -1.88. The van der Waals surface area contributed by atoms with Crippen LogP contribution in [-0.4, -0.2) is 29.5 Å². The number of hydrogen-bond acceptors (Lipinski definition) is 5. The first-order valence-corrected chi connectivity index (χ1v) is 5.58. The van der Waals surface area contributed by atoms with Gasteiger partial charge in [0.1, 0.15) is 11.9 Å². The fourth-order valence-electron chi connectivity index (χ4n) is 1.95. The Morgan fingerprint density at radius 2 is 2.35 bits per heavy atom. The molecule has 0 bridgehead atoms. The van der Waals surface area contributed by atoms with Crippen LogP contribution in [0.25, 0.3) is 10.8 Å². The lowest BCUT2D eigenvalue weighted by Crippen LogP contribution is -2.15. The molecule has 1 aromatic carbocycles. The zero-order valence-electron chi connectivity index (χ0n) is 9.30. The minimum atomic E-state index is 0.142. The number of benzene rings is 1. The zero-order valence-corrected chi connectivity index (χ0v) is 9.30. The Labute approximate surface area is 98.5 Å². The predicted molar refractivity (Wildman–Crippen MR) is 63.8 cm³/mol. The summed E-state index contributed by atoms with van der Waals surface area (Å²) in [5.74, 6) is 1.23. The second-order valence-corrected chi connectivity index (χ2v) is 4.08. The third-order valence-corrected chi connectivity index (χ3v) is 2.85. The highest BCUT2D eigenvalue weighted by Gasteiger charge is 2.17. The fraction of sp³-hybridized carbons (Fsp3) is 0.333. The van der Waals surface area contributed by atoms with E-state index < -0.39 is 0 Å². The number of nitrogens with two attached hydrogens (primary N) is 1. The highest BCUT2D eigenvalue weighted by Crippen LogP contribution is 2.25. The zero-order chi connectivity index (χ0) is 11.7. The van der Waals surface area contributed by atoms with E-state index in [-0.39, 0.29) is 6.10 Å². The number of ether oxygens (including phenoxy) is 2. The number of fused-ring (bicyclic) bond motifs is 1. The Balaban J connectivity index is 1.92. The minimum Gasteiger partial charge on any atom is -0.488 e. The first kappa shape index (κ1) is 10.3. The van der Waals surface area contributed by atoms with Crippen molar-refractivity contribution in [1.82, 2.24) is 10.2 Å². The van der Waals surface area contributed by atoms with Gasteiger partial charge in [-0.3, -0.25) is 0 Å². The van der Waals surface area contributed by atoms with Crippen molar-refractivity contribution in [3.63, 3.8) is 0 Å². The molecule has 2 N–H and O–H groups in total. The maximum absolute atomic E-state index is 5.81. The highest BCUT2D eigenvalue weighted by molar-refractivity contribution is 5.90. The summed E-state index contributed by atoms with van der Waals surface area (Å²) in [6, 6.07) is 5.75. The lowest BCUT2D eigenvalue weighted by Gasteiger charge is -2.12. The maximum atomic E-state index is 5.81. The van der Waals surface area contributed by atoms with Gasteiger partial charge in [-0.05, 0) is 18.2 Å². The van der Waals surface area contributed by atoms with Crippen molar-refractivity contribution in [2.75, 3.05) is 18.9 Å². The Bertz CT molecular complexity index is 538. The van der Waals surface area contributed by atoms with E-state index in [0.717, 1.165) is 29.5 Å². The second-order valence-electron chi connectivity index (χ2n) is 4.08. The molecule has 3 rings (SSSR count). The molecule has 0 radical (unpaired) electrons. The molecule has 1 fully saturated rings. The molecule has 5 nitrogen and oxygen atoms in total. The van der Waals surface area contributed by atoms with E-state index in [1.165, 1.54) is 0 Å². The standard InChI is InChI=1S/C12H13N3O2/c13-12-11-5-9(17-10-3-4-16-7-10)2-1-8(11)6-14-15-12/h1-2,5-6,10H,3-4,7H2,(H2,13,15). The molecule has 0 amide bonds. The van der Waals surface area contributed by atoms with Crippen LogP contribution in [0.2, 0.25) is 0 Å². The average molecular weight is 231 g/mol. The van der Waals surface area contributed by atoms with Gasteiger partial charge in [-0.1, -0.05) is 0 Å². The Morgan fingerprint density at radius 1 is 1.41 bits per heavy atom. The smallest absolute Gasteiger partial charge is 0.154 e. The van der Waals surface area contributed by atoms with Crippen LogP contribution in [0.5, 0.6) is 5.75 Å². The van der Waals surface area contributed by atoms with Crippen molar-refractivity contribution < 1.29 is 9.47 Å². The number of aromatic nitrogens is 2. The van der Waals surface area contributed by atoms with Crippen LogP contribution in [-0.2, 0) is 4.74 Å². The summed E-state index contributed by atoms with van der Waals surface area (Å²) in [5.41, 5.74) is 5.78. The third kappa shape index (κ3) is 2.01. The van der Waals surface area contributed by atoms with Crippen molar-refractivity contribution in [2.45, 2.75) is 12.5 Å². The van der Waals surface area contributed by atoms with Crippen LogP contribution >= 0.6 is 0 Å². The number of nitrogens with zero attached hydrogens (tertiary/aromatic N) is 2. The van der Waals surface area contributed by atoms with Crippen LogP contribution in [0.1, 0.15) is 6.42 Å². The van der Waals surface area contributed by atoms with Gasteiger partial charge in [0.15, 0.2) is 5.82 Å². The van der Waals surface area contributed by atoms with Crippen LogP contribution in [0.3, 0.4) is 0 Å². The lowest BCUT2D eigenvalue weighted by atomic mass is 10.2. The molecule has 2 aromatic rings. The molecule has 0 aliphatic carbocycles. The van der Waals surface area contributed by atoms with Gasteiger partial charge < -0.3 is 15.2 Å². The van der Waals surface area contributed by atoms with Crippen LogP contribution < -0.4 is 10.5 Å². The van der Waals surface area contributed by atoms with E-state index in [1.54, 1.807) is 6.20 Å². The molecule has 5 heteroatoms. The summed E-state index contributed by atoms with van der Waals surface area (Å²) >= 11 is 0. The van der Waals surface area contributed by atoms with Crippen molar-refractivity contribution in [3.8, 4) is 5.75 Å². The van der Waals surface area contributed by atoms with Gasteiger partial charge in [0, 0.05) is 17.2 Å². The predicted octanol–water partition coefficient (Wildman–Crippen LogP) is 1.38. The van der Waals surface area contributed by atoms with Crippen LogP contribution in [0, 0.1) is 0 Å². The van der Waals surface area contributed by atoms with E-state index in [2.05, 4.69) is 10.2 Å². The highest BCUT2D eigenvalue weighted by atomic mass is 16.5. The summed E-state index contributed by atoms with van der Waals surface area (Å²) in [6.45, 7) is 1.42. The summed E-state index contributed by atoms with van der Waals surface area (Å²) in [7, 11) is 0. The van der Waals surface area contributed by atoms with Crippen molar-refractivity contribution in [1.29, 1.82) is 0 Å². The Morgan fingerprint density at radius 3 is 3.18 bits per heavy atom. The first-order valence-electron chi connectivity index (χ1n) is 5.58. The number of nitrogen functional groups attached to an aromatic ring is 1. The molecule has 1 aliphatic heterocycles. The maximum Gasteiger partial charge on any atom is 0.154 e. The van der Waals surface area contributed by atoms with Gasteiger partial charge in [-0.2, -0.15) is 5.10 Å². The van der Waals surface area contributed by atoms with E-state index in [9.17, 15) is 0 Å². The molecule has 1 saturated heterocycles. The lowest BCUT2D eigenvalue weighted by molar-refractivity contribution is 0.141. The van der Waals surface area contributed by atoms with E-state index in [4.69, 9.17) is 15.2 Å².